The van der Waals surface area contributed by atoms with E-state index in [4.69, 9.17) is 0 Å². The van der Waals surface area contributed by atoms with Crippen LogP contribution in [0.15, 0.2) is 0 Å². The highest BCUT2D eigenvalue weighted by Gasteiger charge is 2.31. The first-order valence-corrected chi connectivity index (χ1v) is 7.98. The van der Waals surface area contributed by atoms with Gasteiger partial charge in [-0.1, -0.05) is 0 Å². The highest BCUT2D eigenvalue weighted by Crippen LogP contribution is 2.19. The molecule has 2 aliphatic heterocycles. The Hall–Kier alpha value is -0.620. The molecule has 0 bridgehead atoms. The van der Waals surface area contributed by atoms with Crippen LogP contribution >= 0.6 is 0 Å². The maximum atomic E-state index is 11.6. The van der Waals surface area contributed by atoms with Gasteiger partial charge in [0.05, 0.1) is 11.0 Å². The van der Waals surface area contributed by atoms with Crippen molar-refractivity contribution in [2.45, 2.75) is 30.9 Å². The Kier molecular flexibility index (Phi) is 4.04. The molecule has 2 aliphatic rings. The summed E-state index contributed by atoms with van der Waals surface area (Å²) in [7, 11) is -2.94. The van der Waals surface area contributed by atoms with Crippen molar-refractivity contribution in [2.75, 3.05) is 25.4 Å². The molecule has 2 rings (SSSR count). The normalized spacial score (nSPS) is 31.5. The van der Waals surface area contributed by atoms with Gasteiger partial charge in [0.2, 0.25) is 5.91 Å². The molecule has 2 N–H and O–H groups in total. The lowest BCUT2D eigenvalue weighted by molar-refractivity contribution is -0.121. The molecule has 2 atom stereocenters. The fourth-order valence-corrected chi connectivity index (χ4v) is 4.30. The molecule has 1 amide bonds. The molecule has 2 saturated heterocycles. The molecule has 5 nitrogen and oxygen atoms in total. The standard InChI is InChI=1S/C11H20N2O3S/c14-11(6-9-3-4-12-7-9)13-8-10-2-1-5-17(10,15)16/h9-10,12H,1-8H2,(H,13,14). The van der Waals surface area contributed by atoms with Gasteiger partial charge in [-0.2, -0.15) is 0 Å². The van der Waals surface area contributed by atoms with Gasteiger partial charge in [0.1, 0.15) is 0 Å². The lowest BCUT2D eigenvalue weighted by Crippen LogP contribution is -2.35. The van der Waals surface area contributed by atoms with E-state index in [1.807, 2.05) is 0 Å². The first kappa shape index (κ1) is 12.8. The Morgan fingerprint density at radius 1 is 1.35 bits per heavy atom. The van der Waals surface area contributed by atoms with Crippen LogP contribution in [0.2, 0.25) is 0 Å². The van der Waals surface area contributed by atoms with Crippen molar-refractivity contribution < 1.29 is 13.2 Å². The van der Waals surface area contributed by atoms with E-state index < -0.39 is 9.84 Å². The monoisotopic (exact) mass is 260 g/mol. The van der Waals surface area contributed by atoms with Gasteiger partial charge in [-0.15, -0.1) is 0 Å². The Balaban J connectivity index is 1.72. The second-order valence-electron chi connectivity index (χ2n) is 5.00. The van der Waals surface area contributed by atoms with Crippen molar-refractivity contribution in [1.82, 2.24) is 10.6 Å². The van der Waals surface area contributed by atoms with Crippen molar-refractivity contribution in [3.63, 3.8) is 0 Å². The molecular formula is C11H20N2O3S. The van der Waals surface area contributed by atoms with E-state index >= 15 is 0 Å². The quantitative estimate of drug-likeness (QED) is 0.726. The van der Waals surface area contributed by atoms with Crippen molar-refractivity contribution in [3.8, 4) is 0 Å². The molecule has 2 fully saturated rings. The van der Waals surface area contributed by atoms with Gasteiger partial charge in [-0.05, 0) is 38.3 Å². The van der Waals surface area contributed by atoms with E-state index in [0.717, 1.165) is 25.9 Å². The lowest BCUT2D eigenvalue weighted by atomic mass is 10.0. The Labute approximate surface area is 102 Å². The highest BCUT2D eigenvalue weighted by atomic mass is 32.2. The summed E-state index contributed by atoms with van der Waals surface area (Å²) < 4.78 is 23.1. The highest BCUT2D eigenvalue weighted by molar-refractivity contribution is 7.92. The van der Waals surface area contributed by atoms with Crippen LogP contribution < -0.4 is 10.6 Å². The minimum Gasteiger partial charge on any atom is -0.355 e. The Morgan fingerprint density at radius 2 is 2.18 bits per heavy atom. The minimum absolute atomic E-state index is 0.0131. The average molecular weight is 260 g/mol. The van der Waals surface area contributed by atoms with E-state index in [2.05, 4.69) is 10.6 Å². The van der Waals surface area contributed by atoms with Crippen molar-refractivity contribution in [3.05, 3.63) is 0 Å². The first-order valence-electron chi connectivity index (χ1n) is 6.27. The van der Waals surface area contributed by atoms with E-state index in [9.17, 15) is 13.2 Å². The zero-order valence-electron chi connectivity index (χ0n) is 9.94. The van der Waals surface area contributed by atoms with Gasteiger partial charge in [-0.3, -0.25) is 4.79 Å². The number of carbonyl (C=O) groups excluding carboxylic acids is 1. The molecule has 2 unspecified atom stereocenters. The number of hydrogen-bond donors (Lipinski definition) is 2. The number of nitrogens with one attached hydrogen (secondary N) is 2. The van der Waals surface area contributed by atoms with Gasteiger partial charge < -0.3 is 10.6 Å². The maximum Gasteiger partial charge on any atom is 0.220 e. The second-order valence-corrected chi connectivity index (χ2v) is 7.40. The minimum atomic E-state index is -2.94. The van der Waals surface area contributed by atoms with Crippen molar-refractivity contribution in [1.29, 1.82) is 0 Å². The van der Waals surface area contributed by atoms with Crippen LogP contribution in [0.3, 0.4) is 0 Å². The smallest absolute Gasteiger partial charge is 0.220 e. The van der Waals surface area contributed by atoms with E-state index in [-0.39, 0.29) is 16.9 Å². The fraction of sp³-hybridized carbons (Fsp3) is 0.909. The number of rotatable bonds is 4. The molecule has 0 aromatic carbocycles. The Morgan fingerprint density at radius 3 is 2.76 bits per heavy atom. The summed E-state index contributed by atoms with van der Waals surface area (Å²) in [5, 5.41) is 5.62. The summed E-state index contributed by atoms with van der Waals surface area (Å²) in [4.78, 5) is 11.6. The lowest BCUT2D eigenvalue weighted by Gasteiger charge is -2.12. The second kappa shape index (κ2) is 5.35. The van der Waals surface area contributed by atoms with Crippen LogP contribution in [-0.4, -0.2) is 45.0 Å². The van der Waals surface area contributed by atoms with Gasteiger partial charge in [0.15, 0.2) is 9.84 Å². The predicted molar refractivity (Wildman–Crippen MR) is 65.4 cm³/mol. The third kappa shape index (κ3) is 3.42. The summed E-state index contributed by atoms with van der Waals surface area (Å²) in [6.07, 6.45) is 2.97. The largest absolute Gasteiger partial charge is 0.355 e. The molecule has 0 saturated carbocycles. The van der Waals surface area contributed by atoms with Gasteiger partial charge in [0.25, 0.3) is 0 Å². The third-order valence-corrected chi connectivity index (χ3v) is 5.90. The maximum absolute atomic E-state index is 11.6. The molecule has 0 aliphatic carbocycles. The van der Waals surface area contributed by atoms with Gasteiger partial charge in [-0.25, -0.2) is 8.42 Å². The molecule has 6 heteroatoms. The number of carbonyl (C=O) groups is 1. The van der Waals surface area contributed by atoms with E-state index in [1.165, 1.54) is 0 Å². The summed E-state index contributed by atoms with van der Waals surface area (Å²) in [5.41, 5.74) is 0. The molecule has 98 valence electrons. The number of sulfone groups is 1. The van der Waals surface area contributed by atoms with Crippen LogP contribution in [0, 0.1) is 5.92 Å². The SMILES string of the molecule is O=C(CC1CCNC1)NCC1CCCS1(=O)=O. The fourth-order valence-electron chi connectivity index (χ4n) is 2.54. The van der Waals surface area contributed by atoms with Crippen LogP contribution in [0.25, 0.3) is 0 Å². The topological polar surface area (TPSA) is 75.3 Å². The molecule has 0 aromatic rings. The molecule has 0 spiro atoms. The first-order chi connectivity index (χ1) is 8.08. The molecule has 17 heavy (non-hydrogen) atoms. The molecule has 0 aromatic heterocycles. The van der Waals surface area contributed by atoms with Crippen molar-refractivity contribution >= 4 is 15.7 Å². The Bertz CT molecular complexity index is 374. The molecular weight excluding hydrogens is 240 g/mol. The van der Waals surface area contributed by atoms with Crippen LogP contribution in [0.5, 0.6) is 0 Å². The molecule has 0 radical (unpaired) electrons. The van der Waals surface area contributed by atoms with Gasteiger partial charge in [0, 0.05) is 13.0 Å². The van der Waals surface area contributed by atoms with Crippen LogP contribution in [-0.2, 0) is 14.6 Å². The third-order valence-electron chi connectivity index (χ3n) is 3.63. The van der Waals surface area contributed by atoms with E-state index in [1.54, 1.807) is 0 Å². The number of hydrogen-bond acceptors (Lipinski definition) is 4. The van der Waals surface area contributed by atoms with E-state index in [0.29, 0.717) is 25.3 Å². The summed E-state index contributed by atoms with van der Waals surface area (Å²) in [5.74, 6) is 0.677. The predicted octanol–water partition coefficient (Wildman–Crippen LogP) is -0.321. The zero-order chi connectivity index (χ0) is 12.3. The van der Waals surface area contributed by atoms with Crippen LogP contribution in [0.1, 0.15) is 25.7 Å². The summed E-state index contributed by atoms with van der Waals surface area (Å²) in [6.45, 7) is 2.17. The van der Waals surface area contributed by atoms with Crippen molar-refractivity contribution in [2.24, 2.45) is 5.92 Å². The van der Waals surface area contributed by atoms with Crippen LogP contribution in [0.4, 0.5) is 0 Å². The zero-order valence-corrected chi connectivity index (χ0v) is 10.8. The molecule has 2 heterocycles. The summed E-state index contributed by atoms with van der Waals surface area (Å²) in [6, 6.07) is 0. The van der Waals surface area contributed by atoms with Gasteiger partial charge >= 0.3 is 0 Å². The summed E-state index contributed by atoms with van der Waals surface area (Å²) >= 11 is 0. The average Bonchev–Trinajstić information content (AvgIpc) is 2.85. The number of amides is 1.